The lowest BCUT2D eigenvalue weighted by Crippen LogP contribution is -2.69. The number of anilines is 2. The Kier molecular flexibility index (Phi) is 11.7. The molecule has 10 N–H and O–H groups in total. The summed E-state index contributed by atoms with van der Waals surface area (Å²) in [6.45, 7) is -2.34. The molecular weight excluding hydrogens is 626 g/mol. The van der Waals surface area contributed by atoms with Crippen molar-refractivity contribution in [2.24, 2.45) is 5.73 Å². The number of hydrogen-bond acceptors (Lipinski definition) is 10. The largest absolute Gasteiger partial charge is 0.416 e. The summed E-state index contributed by atoms with van der Waals surface area (Å²) in [5, 5.41) is 50.5. The molecule has 18 heteroatoms. The Morgan fingerprint density at radius 1 is 0.935 bits per heavy atom. The second-order valence-electron chi connectivity index (χ2n) is 10.7. The number of benzene rings is 2. The van der Waals surface area contributed by atoms with E-state index in [0.29, 0.717) is 11.6 Å². The van der Waals surface area contributed by atoms with Gasteiger partial charge in [-0.2, -0.15) is 13.2 Å². The smallest absolute Gasteiger partial charge is 0.394 e. The Bertz CT molecular complexity index is 1340. The molecule has 0 aliphatic carbocycles. The van der Waals surface area contributed by atoms with Gasteiger partial charge in [-0.25, -0.2) is 14.0 Å². The maximum absolute atomic E-state index is 13.1. The Balaban J connectivity index is 1.53. The molecule has 46 heavy (non-hydrogen) atoms. The number of hydrogen-bond donors (Lipinski definition) is 9. The molecule has 6 unspecified atom stereocenters. The molecule has 2 aromatic carbocycles. The number of halogens is 4. The predicted octanol–water partition coefficient (Wildman–Crippen LogP) is 0.398. The summed E-state index contributed by atoms with van der Waals surface area (Å²) in [5.41, 5.74) is 5.62. The molecule has 0 aromatic heterocycles. The lowest BCUT2D eigenvalue weighted by atomic mass is 9.94. The summed E-state index contributed by atoms with van der Waals surface area (Å²) < 4.78 is 69.7. The van der Waals surface area contributed by atoms with Crippen molar-refractivity contribution in [3.8, 4) is 0 Å². The van der Waals surface area contributed by atoms with Gasteiger partial charge in [0, 0.05) is 11.4 Å². The van der Waals surface area contributed by atoms with E-state index in [0.717, 1.165) is 12.1 Å². The van der Waals surface area contributed by atoms with Crippen molar-refractivity contribution >= 4 is 23.4 Å². The standard InChI is InChI=1S/C28H35F4N5O9/c29-9-13-3-1-5-15(7-13)34-26(42)36-17-12-44-18(10-38)20(33)24(17)46-25-21(23(41)22(40)19(11-39)45-25)37-27(43)35-16-6-2-4-14(8-16)28(30,31)32/h1-8,17-25,38-41H,9-12,33H2,(H2,34,36,42)(H2,35,37,43)/t17?,18?,19?,20-,21?,22+,23?,24?,25-/m0/s1. The number of aliphatic hydroxyl groups is 4. The molecule has 254 valence electrons. The Morgan fingerprint density at radius 2 is 1.57 bits per heavy atom. The van der Waals surface area contributed by atoms with Gasteiger partial charge >= 0.3 is 18.2 Å². The average molecular weight is 662 g/mol. The van der Waals surface area contributed by atoms with Crippen molar-refractivity contribution in [3.05, 3.63) is 59.7 Å². The normalized spacial score (nSPS) is 29.9. The first-order valence-electron chi connectivity index (χ1n) is 14.1. The first kappa shape index (κ1) is 35.2. The van der Waals surface area contributed by atoms with E-state index in [-0.39, 0.29) is 18.0 Å². The van der Waals surface area contributed by atoms with Gasteiger partial charge in [0.25, 0.3) is 0 Å². The van der Waals surface area contributed by atoms with Crippen molar-refractivity contribution < 1.29 is 61.8 Å². The van der Waals surface area contributed by atoms with Crippen LogP contribution in [0.5, 0.6) is 0 Å². The molecule has 9 atom stereocenters. The molecule has 2 saturated heterocycles. The van der Waals surface area contributed by atoms with Crippen LogP contribution in [0.25, 0.3) is 0 Å². The van der Waals surface area contributed by atoms with Crippen LogP contribution in [0.2, 0.25) is 0 Å². The van der Waals surface area contributed by atoms with Gasteiger partial charge in [-0.05, 0) is 35.9 Å². The fourth-order valence-electron chi connectivity index (χ4n) is 5.06. The Labute approximate surface area is 259 Å². The summed E-state index contributed by atoms with van der Waals surface area (Å²) >= 11 is 0. The summed E-state index contributed by atoms with van der Waals surface area (Å²) in [6.07, 6.45) is -13.6. The highest BCUT2D eigenvalue weighted by molar-refractivity contribution is 5.90. The number of urea groups is 2. The van der Waals surface area contributed by atoms with Crippen LogP contribution >= 0.6 is 0 Å². The van der Waals surface area contributed by atoms with E-state index >= 15 is 0 Å². The number of nitrogens with one attached hydrogen (secondary N) is 4. The highest BCUT2D eigenvalue weighted by Crippen LogP contribution is 2.31. The van der Waals surface area contributed by atoms with E-state index in [1.165, 1.54) is 30.3 Å². The zero-order chi connectivity index (χ0) is 33.6. The fraction of sp³-hybridized carbons (Fsp3) is 0.500. The third-order valence-corrected chi connectivity index (χ3v) is 7.45. The van der Waals surface area contributed by atoms with Crippen LogP contribution in [-0.4, -0.2) is 107 Å². The Hall–Kier alpha value is -3.62. The number of alkyl halides is 4. The van der Waals surface area contributed by atoms with Gasteiger partial charge in [0.05, 0.1) is 43.6 Å². The van der Waals surface area contributed by atoms with E-state index < -0.39 is 98.6 Å². The molecule has 14 nitrogen and oxygen atoms in total. The predicted molar refractivity (Wildman–Crippen MR) is 152 cm³/mol. The molecule has 0 saturated carbocycles. The minimum Gasteiger partial charge on any atom is -0.394 e. The van der Waals surface area contributed by atoms with Crippen molar-refractivity contribution in [2.45, 2.75) is 67.8 Å². The topological polar surface area (TPSA) is 217 Å². The molecular formula is C28H35F4N5O9. The molecule has 4 amide bonds. The summed E-state index contributed by atoms with van der Waals surface area (Å²) in [7, 11) is 0. The minimum absolute atomic E-state index is 0.239. The van der Waals surface area contributed by atoms with Crippen molar-refractivity contribution in [1.82, 2.24) is 10.6 Å². The number of nitrogens with two attached hydrogens (primary N) is 1. The van der Waals surface area contributed by atoms with Crippen LogP contribution in [-0.2, 0) is 27.1 Å². The van der Waals surface area contributed by atoms with Crippen LogP contribution in [0.4, 0.5) is 38.5 Å². The third kappa shape index (κ3) is 8.59. The molecule has 2 heterocycles. The van der Waals surface area contributed by atoms with Crippen LogP contribution in [0.15, 0.2) is 48.5 Å². The summed E-state index contributed by atoms with van der Waals surface area (Å²) in [4.78, 5) is 25.7. The lowest BCUT2D eigenvalue weighted by molar-refractivity contribution is -0.292. The van der Waals surface area contributed by atoms with Crippen LogP contribution < -0.4 is 27.0 Å². The summed E-state index contributed by atoms with van der Waals surface area (Å²) in [5.74, 6) is 0. The second kappa shape index (κ2) is 15.3. The number of rotatable bonds is 9. The monoisotopic (exact) mass is 661 g/mol. The minimum atomic E-state index is -4.68. The summed E-state index contributed by atoms with van der Waals surface area (Å²) in [6, 6.07) is 4.11. The molecule has 2 aliphatic heterocycles. The zero-order valence-electron chi connectivity index (χ0n) is 24.1. The Morgan fingerprint density at radius 3 is 2.20 bits per heavy atom. The van der Waals surface area contributed by atoms with Crippen LogP contribution in [0.1, 0.15) is 11.1 Å². The van der Waals surface area contributed by atoms with E-state index in [1.54, 1.807) is 0 Å². The van der Waals surface area contributed by atoms with Crippen molar-refractivity contribution in [3.63, 3.8) is 0 Å². The number of aliphatic hydroxyl groups excluding tert-OH is 4. The first-order valence-corrected chi connectivity index (χ1v) is 14.1. The fourth-order valence-corrected chi connectivity index (χ4v) is 5.06. The number of ether oxygens (including phenoxy) is 3. The quantitative estimate of drug-likeness (QED) is 0.169. The molecule has 2 fully saturated rings. The molecule has 0 spiro atoms. The third-order valence-electron chi connectivity index (χ3n) is 7.45. The van der Waals surface area contributed by atoms with Crippen LogP contribution in [0.3, 0.4) is 0 Å². The molecule has 0 radical (unpaired) electrons. The highest BCUT2D eigenvalue weighted by Gasteiger charge is 2.49. The van der Waals surface area contributed by atoms with Gasteiger partial charge in [0.1, 0.15) is 37.1 Å². The zero-order valence-corrected chi connectivity index (χ0v) is 24.1. The number of carbonyl (C=O) groups is 2. The van der Waals surface area contributed by atoms with Gasteiger partial charge in [-0.3, -0.25) is 0 Å². The lowest BCUT2D eigenvalue weighted by Gasteiger charge is -2.47. The molecule has 0 bridgehead atoms. The van der Waals surface area contributed by atoms with Gasteiger partial charge in [0.15, 0.2) is 6.29 Å². The van der Waals surface area contributed by atoms with E-state index in [9.17, 15) is 47.6 Å². The SMILES string of the molecule is N[C@H]1C(CO)OCC(NC(=O)Nc2cccc(CF)c2)C1O[C@@H]1OC(CO)[C@@H](O)C(O)C1NC(=O)Nc1cccc(C(F)(F)F)c1. The number of amides is 4. The van der Waals surface area contributed by atoms with E-state index in [2.05, 4.69) is 21.3 Å². The van der Waals surface area contributed by atoms with Gasteiger partial charge < -0.3 is 61.6 Å². The molecule has 4 rings (SSSR count). The van der Waals surface area contributed by atoms with Crippen molar-refractivity contribution in [1.29, 1.82) is 0 Å². The first-order chi connectivity index (χ1) is 21.8. The van der Waals surface area contributed by atoms with E-state index in [4.69, 9.17) is 19.9 Å². The molecule has 2 aromatic rings. The number of carbonyl (C=O) groups excluding carboxylic acids is 2. The van der Waals surface area contributed by atoms with Gasteiger partial charge in [-0.15, -0.1) is 0 Å². The van der Waals surface area contributed by atoms with Gasteiger partial charge in [0.2, 0.25) is 0 Å². The molecule has 2 aliphatic rings. The van der Waals surface area contributed by atoms with E-state index in [1.807, 2.05) is 0 Å². The maximum Gasteiger partial charge on any atom is 0.416 e. The second-order valence-corrected chi connectivity index (χ2v) is 10.7. The maximum atomic E-state index is 13.1. The van der Waals surface area contributed by atoms with Gasteiger partial charge in [-0.1, -0.05) is 18.2 Å². The van der Waals surface area contributed by atoms with Crippen molar-refractivity contribution in [2.75, 3.05) is 30.5 Å². The average Bonchev–Trinajstić information content (AvgIpc) is 3.02. The highest BCUT2D eigenvalue weighted by atomic mass is 19.4. The van der Waals surface area contributed by atoms with Crippen LogP contribution in [0, 0.1) is 0 Å².